The molecule has 0 spiro atoms. The van der Waals surface area contributed by atoms with Crippen LogP contribution in [0.3, 0.4) is 0 Å². The third-order valence-corrected chi connectivity index (χ3v) is 2.27. The molecule has 1 N–H and O–H groups in total. The van der Waals surface area contributed by atoms with Crippen LogP contribution in [0.15, 0.2) is 16.8 Å². The minimum atomic E-state index is -0.611. The fourth-order valence-corrected chi connectivity index (χ4v) is 1.39. The molecule has 0 saturated carbocycles. The molecule has 74 valence electrons. The van der Waals surface area contributed by atoms with E-state index in [-0.39, 0.29) is 5.15 Å². The quantitative estimate of drug-likeness (QED) is 0.777. The number of nitrogens with zero attached hydrogens (tertiary/aromatic N) is 2. The molecule has 14 heavy (non-hydrogen) atoms. The lowest BCUT2D eigenvalue weighted by atomic mass is 10.2. The fraction of sp³-hybridized carbons (Fsp3) is 0.333. The summed E-state index contributed by atoms with van der Waals surface area (Å²) >= 11 is 5.79. The van der Waals surface area contributed by atoms with Gasteiger partial charge < -0.3 is 9.52 Å². The fourth-order valence-electron chi connectivity index (χ4n) is 1.21. The van der Waals surface area contributed by atoms with E-state index in [1.807, 2.05) is 6.92 Å². The van der Waals surface area contributed by atoms with Crippen molar-refractivity contribution in [2.75, 3.05) is 0 Å². The second-order valence-corrected chi connectivity index (χ2v) is 3.31. The first-order chi connectivity index (χ1) is 6.72. The Morgan fingerprint density at radius 1 is 1.57 bits per heavy atom. The van der Waals surface area contributed by atoms with Crippen molar-refractivity contribution in [1.82, 2.24) is 9.97 Å². The van der Waals surface area contributed by atoms with E-state index in [0.717, 1.165) is 0 Å². The first-order valence-electron chi connectivity index (χ1n) is 4.30. The highest BCUT2D eigenvalue weighted by Gasteiger charge is 2.14. The van der Waals surface area contributed by atoms with Crippen LogP contribution in [-0.4, -0.2) is 15.1 Å². The maximum atomic E-state index is 9.54. The molecule has 4 nitrogen and oxygen atoms in total. The van der Waals surface area contributed by atoms with Crippen LogP contribution in [0.25, 0.3) is 11.1 Å². The Morgan fingerprint density at radius 3 is 3.00 bits per heavy atom. The van der Waals surface area contributed by atoms with Crippen molar-refractivity contribution in [3.05, 3.63) is 23.3 Å². The lowest BCUT2D eigenvalue weighted by molar-refractivity contribution is 0.148. The molecule has 2 rings (SSSR count). The van der Waals surface area contributed by atoms with Crippen molar-refractivity contribution in [3.63, 3.8) is 0 Å². The Morgan fingerprint density at radius 2 is 2.36 bits per heavy atom. The number of furan rings is 1. The van der Waals surface area contributed by atoms with Crippen molar-refractivity contribution in [2.24, 2.45) is 0 Å². The molecule has 1 atom stereocenters. The van der Waals surface area contributed by atoms with Crippen molar-refractivity contribution < 1.29 is 9.52 Å². The van der Waals surface area contributed by atoms with E-state index in [1.165, 1.54) is 6.33 Å². The predicted molar refractivity (Wildman–Crippen MR) is 52.1 cm³/mol. The third kappa shape index (κ3) is 1.47. The highest BCUT2D eigenvalue weighted by molar-refractivity contribution is 6.33. The highest BCUT2D eigenvalue weighted by atomic mass is 35.5. The van der Waals surface area contributed by atoms with Gasteiger partial charge in [-0.3, -0.25) is 0 Å². The number of hydrogen-bond donors (Lipinski definition) is 1. The number of halogens is 1. The summed E-state index contributed by atoms with van der Waals surface area (Å²) in [6, 6.07) is 1.68. The monoisotopic (exact) mass is 212 g/mol. The molecule has 2 aromatic rings. The Balaban J connectivity index is 2.56. The van der Waals surface area contributed by atoms with Gasteiger partial charge in [-0.2, -0.15) is 0 Å². The van der Waals surface area contributed by atoms with Crippen molar-refractivity contribution >= 4 is 22.7 Å². The third-order valence-electron chi connectivity index (χ3n) is 2.00. The predicted octanol–water partition coefficient (Wildman–Crippen LogP) is 2.32. The van der Waals surface area contributed by atoms with Crippen LogP contribution in [0.4, 0.5) is 0 Å². The first kappa shape index (κ1) is 9.43. The molecular weight excluding hydrogens is 204 g/mol. The van der Waals surface area contributed by atoms with Gasteiger partial charge in [0.25, 0.3) is 0 Å². The lowest BCUT2D eigenvalue weighted by Crippen LogP contribution is -1.91. The maximum Gasteiger partial charge on any atom is 0.190 e. The molecule has 2 heterocycles. The molecule has 5 heteroatoms. The number of hydrogen-bond acceptors (Lipinski definition) is 4. The number of fused-ring (bicyclic) bond motifs is 1. The highest BCUT2D eigenvalue weighted by Crippen LogP contribution is 2.27. The van der Waals surface area contributed by atoms with Gasteiger partial charge in [0.1, 0.15) is 23.7 Å². The topological polar surface area (TPSA) is 59.2 Å². The molecule has 0 radical (unpaired) electrons. The van der Waals surface area contributed by atoms with Gasteiger partial charge >= 0.3 is 0 Å². The Hall–Kier alpha value is -1.13. The average molecular weight is 213 g/mol. The second-order valence-electron chi connectivity index (χ2n) is 2.95. The lowest BCUT2D eigenvalue weighted by Gasteiger charge is -2.00. The zero-order valence-corrected chi connectivity index (χ0v) is 8.32. The molecule has 0 saturated heterocycles. The molecule has 0 aromatic carbocycles. The summed E-state index contributed by atoms with van der Waals surface area (Å²) in [5.74, 6) is 0.477. The van der Waals surface area contributed by atoms with Gasteiger partial charge in [-0.05, 0) is 6.42 Å². The summed E-state index contributed by atoms with van der Waals surface area (Å²) < 4.78 is 5.34. The normalized spacial score (nSPS) is 13.4. The van der Waals surface area contributed by atoms with Crippen LogP contribution in [0.5, 0.6) is 0 Å². The molecule has 2 aromatic heterocycles. The Labute approximate surface area is 85.5 Å². The van der Waals surface area contributed by atoms with Crippen LogP contribution >= 0.6 is 11.6 Å². The number of aliphatic hydroxyl groups is 1. The Kier molecular flexibility index (Phi) is 2.39. The maximum absolute atomic E-state index is 9.54. The summed E-state index contributed by atoms with van der Waals surface area (Å²) in [6.07, 6.45) is 1.34. The van der Waals surface area contributed by atoms with Crippen molar-refractivity contribution in [3.8, 4) is 0 Å². The van der Waals surface area contributed by atoms with Gasteiger partial charge in [0.15, 0.2) is 10.7 Å². The molecule has 0 amide bonds. The SMILES string of the molecule is CCC(O)c1cc2ncnc(Cl)c2o1. The first-order valence-corrected chi connectivity index (χ1v) is 4.68. The summed E-state index contributed by atoms with van der Waals surface area (Å²) in [6.45, 7) is 1.87. The van der Waals surface area contributed by atoms with Crippen LogP contribution in [0.1, 0.15) is 25.2 Å². The van der Waals surface area contributed by atoms with Crippen LogP contribution < -0.4 is 0 Å². The van der Waals surface area contributed by atoms with Crippen LogP contribution in [0, 0.1) is 0 Å². The van der Waals surface area contributed by atoms with Gasteiger partial charge in [-0.15, -0.1) is 0 Å². The molecule has 0 aliphatic rings. The molecule has 0 aliphatic carbocycles. The zero-order valence-electron chi connectivity index (χ0n) is 7.57. The number of rotatable bonds is 2. The van der Waals surface area contributed by atoms with Crippen LogP contribution in [-0.2, 0) is 0 Å². The number of aliphatic hydroxyl groups excluding tert-OH is 1. The molecule has 0 bridgehead atoms. The molecular formula is C9H9ClN2O2. The minimum Gasteiger partial charge on any atom is -0.453 e. The van der Waals surface area contributed by atoms with E-state index in [1.54, 1.807) is 6.07 Å². The second kappa shape index (κ2) is 3.55. The standard InChI is InChI=1S/C9H9ClN2O2/c1-2-6(13)7-3-5-8(14-7)9(10)12-4-11-5/h3-4,6,13H,2H2,1H3. The van der Waals surface area contributed by atoms with Crippen molar-refractivity contribution in [1.29, 1.82) is 0 Å². The summed E-state index contributed by atoms with van der Waals surface area (Å²) in [5.41, 5.74) is 1.05. The number of aromatic nitrogens is 2. The van der Waals surface area contributed by atoms with Gasteiger partial charge in [0, 0.05) is 6.07 Å². The van der Waals surface area contributed by atoms with E-state index in [9.17, 15) is 5.11 Å². The summed E-state index contributed by atoms with van der Waals surface area (Å²) in [4.78, 5) is 7.76. The summed E-state index contributed by atoms with van der Waals surface area (Å²) in [5, 5.41) is 9.80. The van der Waals surface area contributed by atoms with Crippen molar-refractivity contribution in [2.45, 2.75) is 19.4 Å². The van der Waals surface area contributed by atoms with E-state index in [0.29, 0.717) is 23.3 Å². The average Bonchev–Trinajstić information content (AvgIpc) is 2.62. The Bertz CT molecular complexity index is 455. The summed E-state index contributed by atoms with van der Waals surface area (Å²) in [7, 11) is 0. The molecule has 1 unspecified atom stereocenters. The minimum absolute atomic E-state index is 0.268. The van der Waals surface area contributed by atoms with E-state index in [2.05, 4.69) is 9.97 Å². The van der Waals surface area contributed by atoms with E-state index in [4.69, 9.17) is 16.0 Å². The zero-order chi connectivity index (χ0) is 10.1. The van der Waals surface area contributed by atoms with Crippen LogP contribution in [0.2, 0.25) is 5.15 Å². The van der Waals surface area contributed by atoms with E-state index < -0.39 is 6.10 Å². The van der Waals surface area contributed by atoms with Gasteiger partial charge in [-0.1, -0.05) is 18.5 Å². The largest absolute Gasteiger partial charge is 0.453 e. The molecule has 0 aliphatic heterocycles. The van der Waals surface area contributed by atoms with Gasteiger partial charge in [0.05, 0.1) is 0 Å². The molecule has 0 fully saturated rings. The van der Waals surface area contributed by atoms with Gasteiger partial charge in [-0.25, -0.2) is 9.97 Å². The van der Waals surface area contributed by atoms with Gasteiger partial charge in [0.2, 0.25) is 0 Å². The van der Waals surface area contributed by atoms with E-state index >= 15 is 0 Å². The smallest absolute Gasteiger partial charge is 0.190 e.